The zero-order valence-electron chi connectivity index (χ0n) is 14.5. The first kappa shape index (κ1) is 17.7. The van der Waals surface area contributed by atoms with Crippen molar-refractivity contribution in [3.8, 4) is 17.2 Å². The van der Waals surface area contributed by atoms with Crippen LogP contribution in [-0.4, -0.2) is 33.6 Å². The minimum absolute atomic E-state index is 0.357. The van der Waals surface area contributed by atoms with Gasteiger partial charge in [0.15, 0.2) is 6.61 Å². The fourth-order valence-corrected chi connectivity index (χ4v) is 2.14. The topological polar surface area (TPSA) is 49.3 Å². The van der Waals surface area contributed by atoms with E-state index < -0.39 is 0 Å². The number of hydrogen-bond donors (Lipinski definition) is 0. The second kappa shape index (κ2) is 8.82. The molecule has 0 saturated heterocycles. The molecule has 0 aliphatic rings. The molecule has 0 amide bonds. The van der Waals surface area contributed by atoms with Crippen LogP contribution in [0.25, 0.3) is 0 Å². The summed E-state index contributed by atoms with van der Waals surface area (Å²) in [6.45, 7) is 4.84. The van der Waals surface area contributed by atoms with Crippen molar-refractivity contribution >= 4 is 6.21 Å². The maximum absolute atomic E-state index is 5.71. The molecule has 0 aromatic heterocycles. The highest BCUT2D eigenvalue weighted by molar-refractivity contribution is 5.83. The van der Waals surface area contributed by atoms with Crippen LogP contribution >= 0.6 is 0 Å². The summed E-state index contributed by atoms with van der Waals surface area (Å²) in [7, 11) is 3.22. The first-order chi connectivity index (χ1) is 11.6. The van der Waals surface area contributed by atoms with Gasteiger partial charge in [-0.15, -0.1) is 0 Å². The van der Waals surface area contributed by atoms with Crippen molar-refractivity contribution < 1.29 is 19.0 Å². The lowest BCUT2D eigenvalue weighted by Gasteiger charge is -2.09. The molecule has 24 heavy (non-hydrogen) atoms. The SMILES string of the molecule is COc1ccc(OC)c(/C=N/OCCOc2cc(C)ccc2C)c1. The number of nitrogens with zero attached hydrogens (tertiary/aromatic N) is 1. The summed E-state index contributed by atoms with van der Waals surface area (Å²) in [5.41, 5.74) is 3.05. The third kappa shape index (κ3) is 4.91. The van der Waals surface area contributed by atoms with E-state index in [-0.39, 0.29) is 0 Å². The molecule has 0 saturated carbocycles. The van der Waals surface area contributed by atoms with E-state index in [1.807, 2.05) is 44.2 Å². The molecule has 0 unspecified atom stereocenters. The molecule has 128 valence electrons. The molecule has 0 bridgehead atoms. The Bertz CT molecular complexity index is 698. The fraction of sp³-hybridized carbons (Fsp3) is 0.316. The monoisotopic (exact) mass is 329 g/mol. The molecule has 2 aromatic carbocycles. The third-order valence-corrected chi connectivity index (χ3v) is 3.48. The van der Waals surface area contributed by atoms with Crippen LogP contribution in [0.2, 0.25) is 0 Å². The van der Waals surface area contributed by atoms with E-state index in [1.165, 1.54) is 5.56 Å². The maximum atomic E-state index is 5.71. The van der Waals surface area contributed by atoms with Gasteiger partial charge in [-0.05, 0) is 49.2 Å². The van der Waals surface area contributed by atoms with Gasteiger partial charge in [0.2, 0.25) is 0 Å². The second-order valence-corrected chi connectivity index (χ2v) is 5.29. The summed E-state index contributed by atoms with van der Waals surface area (Å²) in [6.07, 6.45) is 1.60. The smallest absolute Gasteiger partial charge is 0.151 e. The summed E-state index contributed by atoms with van der Waals surface area (Å²) in [5.74, 6) is 2.31. The molecule has 2 aromatic rings. The van der Waals surface area contributed by atoms with E-state index in [2.05, 4.69) is 11.2 Å². The molecule has 5 nitrogen and oxygen atoms in total. The van der Waals surface area contributed by atoms with Gasteiger partial charge in [-0.1, -0.05) is 17.3 Å². The van der Waals surface area contributed by atoms with Crippen molar-refractivity contribution in [1.82, 2.24) is 0 Å². The number of methoxy groups -OCH3 is 2. The molecule has 0 spiro atoms. The van der Waals surface area contributed by atoms with Crippen molar-refractivity contribution in [2.75, 3.05) is 27.4 Å². The molecule has 2 rings (SSSR count). The molecule has 0 fully saturated rings. The minimum Gasteiger partial charge on any atom is -0.497 e. The highest BCUT2D eigenvalue weighted by atomic mass is 16.6. The van der Waals surface area contributed by atoms with Gasteiger partial charge in [0, 0.05) is 5.56 Å². The Hall–Kier alpha value is -2.69. The predicted molar refractivity (Wildman–Crippen MR) is 94.5 cm³/mol. The van der Waals surface area contributed by atoms with Crippen LogP contribution in [-0.2, 0) is 4.84 Å². The van der Waals surface area contributed by atoms with E-state index in [0.29, 0.717) is 19.0 Å². The van der Waals surface area contributed by atoms with Gasteiger partial charge in [0.1, 0.15) is 23.9 Å². The van der Waals surface area contributed by atoms with Crippen LogP contribution in [0.1, 0.15) is 16.7 Å². The van der Waals surface area contributed by atoms with Crippen LogP contribution in [0.3, 0.4) is 0 Å². The second-order valence-electron chi connectivity index (χ2n) is 5.29. The summed E-state index contributed by atoms with van der Waals surface area (Å²) < 4.78 is 16.2. The standard InChI is InChI=1S/C19H23NO4/c1-14-5-6-15(2)19(11-14)23-9-10-24-20-13-16-12-17(21-3)7-8-18(16)22-4/h5-8,11-13H,9-10H2,1-4H3/b20-13+. The lowest BCUT2D eigenvalue weighted by Crippen LogP contribution is -2.05. The summed E-state index contributed by atoms with van der Waals surface area (Å²) in [5, 5.41) is 3.96. The maximum Gasteiger partial charge on any atom is 0.151 e. The summed E-state index contributed by atoms with van der Waals surface area (Å²) in [6, 6.07) is 11.6. The molecule has 0 aliphatic heterocycles. The molecule has 0 aliphatic carbocycles. The minimum atomic E-state index is 0.357. The quantitative estimate of drug-likeness (QED) is 0.420. The van der Waals surface area contributed by atoms with Gasteiger partial charge in [0.25, 0.3) is 0 Å². The van der Waals surface area contributed by atoms with Gasteiger partial charge >= 0.3 is 0 Å². The number of ether oxygens (including phenoxy) is 3. The lowest BCUT2D eigenvalue weighted by molar-refractivity contribution is 0.108. The highest BCUT2D eigenvalue weighted by Crippen LogP contribution is 2.22. The molecule has 0 N–H and O–H groups in total. The van der Waals surface area contributed by atoms with Crippen LogP contribution in [0.15, 0.2) is 41.6 Å². The molecule has 5 heteroatoms. The first-order valence-electron chi connectivity index (χ1n) is 7.71. The average Bonchev–Trinajstić information content (AvgIpc) is 2.60. The van der Waals surface area contributed by atoms with E-state index in [1.54, 1.807) is 20.4 Å². The van der Waals surface area contributed by atoms with Crippen molar-refractivity contribution in [2.24, 2.45) is 5.16 Å². The largest absolute Gasteiger partial charge is 0.497 e. The van der Waals surface area contributed by atoms with Gasteiger partial charge in [-0.2, -0.15) is 0 Å². The first-order valence-corrected chi connectivity index (χ1v) is 7.71. The lowest BCUT2D eigenvalue weighted by atomic mass is 10.1. The Labute approximate surface area is 142 Å². The van der Waals surface area contributed by atoms with Gasteiger partial charge < -0.3 is 19.0 Å². The number of hydrogen-bond acceptors (Lipinski definition) is 5. The van der Waals surface area contributed by atoms with Gasteiger partial charge in [0.05, 0.1) is 20.4 Å². The Morgan fingerprint density at radius 1 is 0.917 bits per heavy atom. The van der Waals surface area contributed by atoms with E-state index in [4.69, 9.17) is 19.0 Å². The Morgan fingerprint density at radius 3 is 2.50 bits per heavy atom. The number of aryl methyl sites for hydroxylation is 2. The van der Waals surface area contributed by atoms with Crippen LogP contribution in [0.5, 0.6) is 17.2 Å². The Balaban J connectivity index is 1.84. The molecule has 0 heterocycles. The molecule has 0 radical (unpaired) electrons. The normalized spacial score (nSPS) is 10.7. The third-order valence-electron chi connectivity index (χ3n) is 3.48. The van der Waals surface area contributed by atoms with Gasteiger partial charge in [-0.25, -0.2) is 0 Å². The Morgan fingerprint density at radius 2 is 1.75 bits per heavy atom. The van der Waals surface area contributed by atoms with Crippen molar-refractivity contribution in [3.63, 3.8) is 0 Å². The molecular weight excluding hydrogens is 306 g/mol. The van der Waals surface area contributed by atoms with E-state index >= 15 is 0 Å². The van der Waals surface area contributed by atoms with Crippen LogP contribution in [0, 0.1) is 13.8 Å². The highest BCUT2D eigenvalue weighted by Gasteiger charge is 2.03. The number of rotatable bonds is 8. The predicted octanol–water partition coefficient (Wildman–Crippen LogP) is 3.75. The summed E-state index contributed by atoms with van der Waals surface area (Å²) >= 11 is 0. The number of oxime groups is 1. The van der Waals surface area contributed by atoms with Crippen LogP contribution < -0.4 is 14.2 Å². The van der Waals surface area contributed by atoms with Crippen molar-refractivity contribution in [2.45, 2.75) is 13.8 Å². The molecule has 0 atom stereocenters. The van der Waals surface area contributed by atoms with Crippen molar-refractivity contribution in [1.29, 1.82) is 0 Å². The number of benzene rings is 2. The van der Waals surface area contributed by atoms with Crippen LogP contribution in [0.4, 0.5) is 0 Å². The van der Waals surface area contributed by atoms with E-state index in [9.17, 15) is 0 Å². The van der Waals surface area contributed by atoms with E-state index in [0.717, 1.165) is 22.6 Å². The zero-order valence-corrected chi connectivity index (χ0v) is 14.5. The van der Waals surface area contributed by atoms with Gasteiger partial charge in [-0.3, -0.25) is 0 Å². The molecular formula is C19H23NO4. The zero-order chi connectivity index (χ0) is 17.4. The average molecular weight is 329 g/mol. The van der Waals surface area contributed by atoms with Crippen molar-refractivity contribution in [3.05, 3.63) is 53.1 Å². The Kier molecular flexibility index (Phi) is 6.49. The summed E-state index contributed by atoms with van der Waals surface area (Å²) in [4.78, 5) is 5.25. The fourth-order valence-electron chi connectivity index (χ4n) is 2.14.